The number of carbonyl (C=O) groups excluding carboxylic acids is 1. The van der Waals surface area contributed by atoms with Crippen LogP contribution in [-0.2, 0) is 0 Å². The van der Waals surface area contributed by atoms with E-state index in [4.69, 9.17) is 0 Å². The van der Waals surface area contributed by atoms with Crippen LogP contribution in [0, 0.1) is 12.8 Å². The van der Waals surface area contributed by atoms with Crippen LogP contribution in [0.2, 0.25) is 0 Å². The van der Waals surface area contributed by atoms with E-state index in [0.717, 1.165) is 47.4 Å². The van der Waals surface area contributed by atoms with Crippen molar-refractivity contribution in [1.29, 1.82) is 0 Å². The van der Waals surface area contributed by atoms with Crippen LogP contribution in [0.1, 0.15) is 42.1 Å². The van der Waals surface area contributed by atoms with Gasteiger partial charge in [0.1, 0.15) is 0 Å². The Hall–Kier alpha value is -0.830. The van der Waals surface area contributed by atoms with E-state index in [1.165, 1.54) is 6.42 Å². The maximum Gasteiger partial charge on any atom is 0.255 e. The molecule has 0 aromatic heterocycles. The quantitative estimate of drug-likeness (QED) is 0.767. The van der Waals surface area contributed by atoms with Gasteiger partial charge in [-0.15, -0.1) is 0 Å². The second-order valence-electron chi connectivity index (χ2n) is 5.31. The van der Waals surface area contributed by atoms with E-state index in [2.05, 4.69) is 22.9 Å². The normalized spacial score (nSPS) is 20.6. The third-order valence-corrected chi connectivity index (χ3v) is 4.35. The minimum Gasteiger partial charge on any atom is -0.339 e. The van der Waals surface area contributed by atoms with Crippen LogP contribution in [-0.4, -0.2) is 23.9 Å². The molecule has 1 fully saturated rings. The molecule has 1 amide bonds. The number of hydrogen-bond acceptors (Lipinski definition) is 1. The van der Waals surface area contributed by atoms with Gasteiger partial charge in [-0.1, -0.05) is 18.6 Å². The molecule has 1 aliphatic rings. The summed E-state index contributed by atoms with van der Waals surface area (Å²) in [5.41, 5.74) is 1.93. The van der Waals surface area contributed by atoms with Crippen molar-refractivity contribution >= 4 is 21.8 Å². The largest absolute Gasteiger partial charge is 0.339 e. The van der Waals surface area contributed by atoms with Crippen LogP contribution in [0.15, 0.2) is 22.7 Å². The first-order chi connectivity index (χ1) is 8.58. The highest BCUT2D eigenvalue weighted by molar-refractivity contribution is 9.10. The van der Waals surface area contributed by atoms with Crippen LogP contribution in [0.25, 0.3) is 0 Å². The van der Waals surface area contributed by atoms with Crippen molar-refractivity contribution in [3.05, 3.63) is 33.8 Å². The van der Waals surface area contributed by atoms with Gasteiger partial charge in [0.2, 0.25) is 0 Å². The minimum atomic E-state index is 0.166. The van der Waals surface area contributed by atoms with Crippen molar-refractivity contribution in [2.75, 3.05) is 13.1 Å². The molecule has 0 N–H and O–H groups in total. The number of likely N-dealkylation sites (tertiary alicyclic amines) is 1. The van der Waals surface area contributed by atoms with Gasteiger partial charge in [0.25, 0.3) is 5.91 Å². The standard InChI is InChI=1S/C15H20BrNO/c1-11-4-3-8-17(9-7-11)15(18)13-10-12(2)5-6-14(13)16/h5-6,10-11H,3-4,7-9H2,1-2H3. The zero-order chi connectivity index (χ0) is 13.1. The zero-order valence-corrected chi connectivity index (χ0v) is 12.7. The summed E-state index contributed by atoms with van der Waals surface area (Å²) in [6, 6.07) is 5.95. The lowest BCUT2D eigenvalue weighted by atomic mass is 10.0. The van der Waals surface area contributed by atoms with E-state index in [1.54, 1.807) is 0 Å². The number of halogens is 1. The molecule has 1 aromatic rings. The predicted octanol–water partition coefficient (Wildman–Crippen LogP) is 4.02. The Morgan fingerprint density at radius 2 is 2.11 bits per heavy atom. The first-order valence-electron chi connectivity index (χ1n) is 6.63. The molecule has 2 rings (SSSR count). The zero-order valence-electron chi connectivity index (χ0n) is 11.1. The van der Waals surface area contributed by atoms with Crippen LogP contribution in [0.4, 0.5) is 0 Å². The van der Waals surface area contributed by atoms with E-state index >= 15 is 0 Å². The molecular formula is C15H20BrNO. The Kier molecular flexibility index (Phi) is 4.44. The second kappa shape index (κ2) is 5.87. The van der Waals surface area contributed by atoms with Crippen molar-refractivity contribution in [2.24, 2.45) is 5.92 Å². The van der Waals surface area contributed by atoms with Gasteiger partial charge in [0.15, 0.2) is 0 Å². The van der Waals surface area contributed by atoms with Crippen molar-refractivity contribution in [1.82, 2.24) is 4.90 Å². The lowest BCUT2D eigenvalue weighted by molar-refractivity contribution is 0.0759. The number of rotatable bonds is 1. The smallest absolute Gasteiger partial charge is 0.255 e. The van der Waals surface area contributed by atoms with Crippen molar-refractivity contribution in [3.8, 4) is 0 Å². The molecule has 1 unspecified atom stereocenters. The van der Waals surface area contributed by atoms with E-state index in [1.807, 2.05) is 30.0 Å². The van der Waals surface area contributed by atoms with E-state index in [9.17, 15) is 4.79 Å². The average molecular weight is 310 g/mol. The van der Waals surface area contributed by atoms with Crippen LogP contribution in [0.5, 0.6) is 0 Å². The van der Waals surface area contributed by atoms with Crippen molar-refractivity contribution in [2.45, 2.75) is 33.1 Å². The first-order valence-corrected chi connectivity index (χ1v) is 7.42. The van der Waals surface area contributed by atoms with Crippen LogP contribution >= 0.6 is 15.9 Å². The maximum absolute atomic E-state index is 12.5. The summed E-state index contributed by atoms with van der Waals surface area (Å²) in [5.74, 6) is 0.906. The number of nitrogens with zero attached hydrogens (tertiary/aromatic N) is 1. The molecule has 0 radical (unpaired) electrons. The molecule has 1 heterocycles. The Bertz CT molecular complexity index is 444. The molecular weight excluding hydrogens is 290 g/mol. The molecule has 0 spiro atoms. The minimum absolute atomic E-state index is 0.166. The highest BCUT2D eigenvalue weighted by atomic mass is 79.9. The lowest BCUT2D eigenvalue weighted by Crippen LogP contribution is -2.32. The second-order valence-corrected chi connectivity index (χ2v) is 6.17. The van der Waals surface area contributed by atoms with Gasteiger partial charge in [-0.05, 0) is 60.2 Å². The Morgan fingerprint density at radius 3 is 2.89 bits per heavy atom. The monoisotopic (exact) mass is 309 g/mol. The van der Waals surface area contributed by atoms with Crippen molar-refractivity contribution < 1.29 is 4.79 Å². The molecule has 0 aliphatic carbocycles. The maximum atomic E-state index is 12.5. The van der Waals surface area contributed by atoms with Gasteiger partial charge >= 0.3 is 0 Å². The summed E-state index contributed by atoms with van der Waals surface area (Å²) >= 11 is 3.48. The molecule has 1 aliphatic heterocycles. The van der Waals surface area contributed by atoms with E-state index in [-0.39, 0.29) is 5.91 Å². The molecule has 0 saturated carbocycles. The molecule has 3 heteroatoms. The van der Waals surface area contributed by atoms with Gasteiger partial charge in [0, 0.05) is 17.6 Å². The summed E-state index contributed by atoms with van der Waals surface area (Å²) in [5, 5.41) is 0. The summed E-state index contributed by atoms with van der Waals surface area (Å²) in [6.45, 7) is 6.08. The molecule has 1 aromatic carbocycles. The lowest BCUT2D eigenvalue weighted by Gasteiger charge is -2.21. The number of carbonyl (C=O) groups is 1. The predicted molar refractivity (Wildman–Crippen MR) is 77.8 cm³/mol. The molecule has 2 nitrogen and oxygen atoms in total. The van der Waals surface area contributed by atoms with Gasteiger partial charge in [-0.3, -0.25) is 4.79 Å². The van der Waals surface area contributed by atoms with E-state index < -0.39 is 0 Å². The Morgan fingerprint density at radius 1 is 1.33 bits per heavy atom. The SMILES string of the molecule is Cc1ccc(Br)c(C(=O)N2CCCC(C)CC2)c1. The molecule has 1 saturated heterocycles. The number of amides is 1. The van der Waals surface area contributed by atoms with Gasteiger partial charge in [-0.2, -0.15) is 0 Å². The highest BCUT2D eigenvalue weighted by Crippen LogP contribution is 2.23. The third kappa shape index (κ3) is 3.14. The summed E-state index contributed by atoms with van der Waals surface area (Å²) in [7, 11) is 0. The van der Waals surface area contributed by atoms with Crippen LogP contribution in [0.3, 0.4) is 0 Å². The summed E-state index contributed by atoms with van der Waals surface area (Å²) in [4.78, 5) is 14.5. The number of aryl methyl sites for hydroxylation is 1. The molecule has 18 heavy (non-hydrogen) atoms. The summed E-state index contributed by atoms with van der Waals surface area (Å²) in [6.07, 6.45) is 3.48. The molecule has 1 atom stereocenters. The highest BCUT2D eigenvalue weighted by Gasteiger charge is 2.21. The van der Waals surface area contributed by atoms with Gasteiger partial charge in [0.05, 0.1) is 5.56 Å². The topological polar surface area (TPSA) is 20.3 Å². The Labute approximate surface area is 117 Å². The van der Waals surface area contributed by atoms with Gasteiger partial charge < -0.3 is 4.90 Å². The average Bonchev–Trinajstić information content (AvgIpc) is 2.56. The number of hydrogen-bond donors (Lipinski definition) is 0. The fourth-order valence-corrected chi connectivity index (χ4v) is 2.86. The van der Waals surface area contributed by atoms with Crippen molar-refractivity contribution in [3.63, 3.8) is 0 Å². The fraction of sp³-hybridized carbons (Fsp3) is 0.533. The fourth-order valence-electron chi connectivity index (χ4n) is 2.44. The Balaban J connectivity index is 2.17. The first kappa shape index (κ1) is 13.6. The van der Waals surface area contributed by atoms with E-state index in [0.29, 0.717) is 0 Å². The molecule has 0 bridgehead atoms. The van der Waals surface area contributed by atoms with Crippen LogP contribution < -0.4 is 0 Å². The molecule has 98 valence electrons. The summed E-state index contributed by atoms with van der Waals surface area (Å²) < 4.78 is 0.899. The number of benzene rings is 1. The third-order valence-electron chi connectivity index (χ3n) is 3.66. The van der Waals surface area contributed by atoms with Gasteiger partial charge in [-0.25, -0.2) is 0 Å².